The van der Waals surface area contributed by atoms with Crippen LogP contribution in [0.4, 0.5) is 5.69 Å². The zero-order valence-electron chi connectivity index (χ0n) is 8.49. The maximum absolute atomic E-state index is 8.63. The summed E-state index contributed by atoms with van der Waals surface area (Å²) < 4.78 is 0. The van der Waals surface area contributed by atoms with Crippen molar-refractivity contribution in [2.45, 2.75) is 17.7 Å². The predicted molar refractivity (Wildman–Crippen MR) is 63.0 cm³/mol. The van der Waals surface area contributed by atoms with E-state index in [9.17, 15) is 0 Å². The Balaban J connectivity index is 2.41. The van der Waals surface area contributed by atoms with E-state index in [2.05, 4.69) is 23.7 Å². The number of para-hydroxylation sites is 1. The van der Waals surface area contributed by atoms with E-state index in [0.717, 1.165) is 19.4 Å². The molecule has 2 nitrogen and oxygen atoms in total. The minimum absolute atomic E-state index is 0.284. The van der Waals surface area contributed by atoms with Crippen molar-refractivity contribution in [3.63, 3.8) is 0 Å². The number of thioether (sulfide) groups is 1. The van der Waals surface area contributed by atoms with Crippen LogP contribution in [0.15, 0.2) is 29.2 Å². The normalized spacial score (nSPS) is 10.1. The molecule has 0 fully saturated rings. The lowest BCUT2D eigenvalue weighted by molar-refractivity contribution is 0.286. The van der Waals surface area contributed by atoms with E-state index in [1.165, 1.54) is 10.6 Å². The largest absolute Gasteiger partial charge is 0.396 e. The van der Waals surface area contributed by atoms with Gasteiger partial charge in [0.05, 0.1) is 0 Å². The van der Waals surface area contributed by atoms with E-state index < -0.39 is 0 Å². The summed E-state index contributed by atoms with van der Waals surface area (Å²) in [6.07, 6.45) is 3.96. The zero-order chi connectivity index (χ0) is 10.2. The summed E-state index contributed by atoms with van der Waals surface area (Å²) in [5.41, 5.74) is 1.19. The number of nitrogens with one attached hydrogen (secondary N) is 1. The molecule has 0 saturated carbocycles. The van der Waals surface area contributed by atoms with Crippen LogP contribution < -0.4 is 5.32 Å². The summed E-state index contributed by atoms with van der Waals surface area (Å²) in [5, 5.41) is 12.0. The van der Waals surface area contributed by atoms with Gasteiger partial charge in [-0.25, -0.2) is 0 Å². The standard InChI is InChI=1S/C11H17NOS/c1-14-11-7-3-2-6-10(11)12-8-4-5-9-13/h2-3,6-7,12-13H,4-5,8-9H2,1H3. The highest BCUT2D eigenvalue weighted by molar-refractivity contribution is 7.98. The highest BCUT2D eigenvalue weighted by Gasteiger charge is 1.97. The van der Waals surface area contributed by atoms with E-state index in [4.69, 9.17) is 5.11 Å². The molecule has 0 heterocycles. The van der Waals surface area contributed by atoms with Gasteiger partial charge in [-0.2, -0.15) is 0 Å². The molecule has 1 aromatic carbocycles. The van der Waals surface area contributed by atoms with Crippen molar-refractivity contribution in [1.29, 1.82) is 0 Å². The molecule has 0 aliphatic carbocycles. The maximum atomic E-state index is 8.63. The molecule has 3 heteroatoms. The van der Waals surface area contributed by atoms with Gasteiger partial charge >= 0.3 is 0 Å². The average Bonchev–Trinajstić information content (AvgIpc) is 2.25. The van der Waals surface area contributed by atoms with Crippen LogP contribution in [0.1, 0.15) is 12.8 Å². The van der Waals surface area contributed by atoms with Crippen LogP contribution >= 0.6 is 11.8 Å². The summed E-state index contributed by atoms with van der Waals surface area (Å²) in [7, 11) is 0. The number of rotatable bonds is 6. The first-order chi connectivity index (χ1) is 6.88. The van der Waals surface area contributed by atoms with Crippen LogP contribution in [0.5, 0.6) is 0 Å². The number of unbranched alkanes of at least 4 members (excludes halogenated alkanes) is 1. The van der Waals surface area contributed by atoms with Gasteiger partial charge in [-0.15, -0.1) is 11.8 Å². The lowest BCUT2D eigenvalue weighted by atomic mass is 10.3. The summed E-state index contributed by atoms with van der Waals surface area (Å²) in [4.78, 5) is 1.27. The fraction of sp³-hybridized carbons (Fsp3) is 0.455. The molecule has 0 aromatic heterocycles. The number of aliphatic hydroxyl groups is 1. The molecule has 0 amide bonds. The minimum atomic E-state index is 0.284. The molecule has 0 bridgehead atoms. The maximum Gasteiger partial charge on any atom is 0.0478 e. The smallest absolute Gasteiger partial charge is 0.0478 e. The van der Waals surface area contributed by atoms with Gasteiger partial charge in [0.2, 0.25) is 0 Å². The molecule has 2 N–H and O–H groups in total. The summed E-state index contributed by atoms with van der Waals surface area (Å²) >= 11 is 1.75. The van der Waals surface area contributed by atoms with Gasteiger partial charge in [0.15, 0.2) is 0 Å². The van der Waals surface area contributed by atoms with Gasteiger partial charge in [-0.05, 0) is 31.2 Å². The molecule has 0 aliphatic heterocycles. The van der Waals surface area contributed by atoms with Crippen molar-refractivity contribution in [1.82, 2.24) is 0 Å². The second-order valence-electron chi connectivity index (χ2n) is 3.06. The number of hydrogen-bond acceptors (Lipinski definition) is 3. The lowest BCUT2D eigenvalue weighted by Crippen LogP contribution is -2.03. The molecule has 0 unspecified atom stereocenters. The van der Waals surface area contributed by atoms with Crippen LogP contribution in [0, 0.1) is 0 Å². The van der Waals surface area contributed by atoms with Gasteiger partial charge in [0.25, 0.3) is 0 Å². The van der Waals surface area contributed by atoms with Crippen molar-refractivity contribution >= 4 is 17.4 Å². The van der Waals surface area contributed by atoms with Crippen molar-refractivity contribution < 1.29 is 5.11 Å². The molecule has 1 rings (SSSR count). The molecule has 14 heavy (non-hydrogen) atoms. The Bertz CT molecular complexity index is 265. The quantitative estimate of drug-likeness (QED) is 0.560. The van der Waals surface area contributed by atoms with Crippen LogP contribution in [0.25, 0.3) is 0 Å². The van der Waals surface area contributed by atoms with E-state index in [0.29, 0.717) is 0 Å². The van der Waals surface area contributed by atoms with E-state index >= 15 is 0 Å². The monoisotopic (exact) mass is 211 g/mol. The Kier molecular flexibility index (Phi) is 5.49. The molecular formula is C11H17NOS. The topological polar surface area (TPSA) is 32.3 Å². The third-order valence-electron chi connectivity index (χ3n) is 2.01. The second-order valence-corrected chi connectivity index (χ2v) is 3.91. The van der Waals surface area contributed by atoms with Crippen molar-refractivity contribution in [2.24, 2.45) is 0 Å². The van der Waals surface area contributed by atoms with Crippen molar-refractivity contribution in [2.75, 3.05) is 24.7 Å². The fourth-order valence-electron chi connectivity index (χ4n) is 1.25. The molecule has 0 radical (unpaired) electrons. The van der Waals surface area contributed by atoms with Crippen LogP contribution in [-0.4, -0.2) is 24.5 Å². The first-order valence-corrected chi connectivity index (χ1v) is 6.08. The highest BCUT2D eigenvalue weighted by Crippen LogP contribution is 2.24. The molecule has 0 saturated heterocycles. The predicted octanol–water partition coefficient (Wildman–Crippen LogP) is 2.59. The molecule has 0 aliphatic rings. The minimum Gasteiger partial charge on any atom is -0.396 e. The van der Waals surface area contributed by atoms with Crippen LogP contribution in [0.2, 0.25) is 0 Å². The van der Waals surface area contributed by atoms with E-state index in [1.807, 2.05) is 12.1 Å². The summed E-state index contributed by atoms with van der Waals surface area (Å²) in [6, 6.07) is 8.28. The highest BCUT2D eigenvalue weighted by atomic mass is 32.2. The van der Waals surface area contributed by atoms with Crippen LogP contribution in [-0.2, 0) is 0 Å². The van der Waals surface area contributed by atoms with E-state index in [1.54, 1.807) is 11.8 Å². The Labute approximate surface area is 89.7 Å². The first-order valence-electron chi connectivity index (χ1n) is 4.86. The Morgan fingerprint density at radius 1 is 1.29 bits per heavy atom. The number of anilines is 1. The van der Waals surface area contributed by atoms with Crippen molar-refractivity contribution in [3.05, 3.63) is 24.3 Å². The second kappa shape index (κ2) is 6.74. The third-order valence-corrected chi connectivity index (χ3v) is 2.80. The third kappa shape index (κ3) is 3.60. The van der Waals surface area contributed by atoms with Gasteiger partial charge in [-0.1, -0.05) is 12.1 Å². The molecule has 0 spiro atoms. The van der Waals surface area contributed by atoms with Crippen molar-refractivity contribution in [3.8, 4) is 0 Å². The Morgan fingerprint density at radius 3 is 2.79 bits per heavy atom. The fourth-order valence-corrected chi connectivity index (χ4v) is 1.83. The van der Waals surface area contributed by atoms with Gasteiger partial charge in [-0.3, -0.25) is 0 Å². The van der Waals surface area contributed by atoms with Gasteiger partial charge < -0.3 is 10.4 Å². The molecular weight excluding hydrogens is 194 g/mol. The lowest BCUT2D eigenvalue weighted by Gasteiger charge is -2.09. The SMILES string of the molecule is CSc1ccccc1NCCCCO. The molecule has 78 valence electrons. The average molecular weight is 211 g/mol. The van der Waals surface area contributed by atoms with Gasteiger partial charge in [0.1, 0.15) is 0 Å². The van der Waals surface area contributed by atoms with Gasteiger partial charge in [0, 0.05) is 23.7 Å². The summed E-state index contributed by atoms with van der Waals surface area (Å²) in [6.45, 7) is 1.21. The molecule has 1 aromatic rings. The number of aliphatic hydroxyl groups excluding tert-OH is 1. The molecule has 0 atom stereocenters. The number of hydrogen-bond donors (Lipinski definition) is 2. The zero-order valence-corrected chi connectivity index (χ0v) is 9.31. The summed E-state index contributed by atoms with van der Waals surface area (Å²) in [5.74, 6) is 0. The van der Waals surface area contributed by atoms with Crippen LogP contribution in [0.3, 0.4) is 0 Å². The van der Waals surface area contributed by atoms with E-state index in [-0.39, 0.29) is 6.61 Å². The Hall–Kier alpha value is -0.670. The first kappa shape index (κ1) is 11.4. The Morgan fingerprint density at radius 2 is 2.07 bits per heavy atom. The number of benzene rings is 1.